The molecule has 0 amide bonds. The van der Waals surface area contributed by atoms with Gasteiger partial charge in [0.05, 0.1) is 5.03 Å². The molecule has 0 bridgehead atoms. The van der Waals surface area contributed by atoms with E-state index in [2.05, 4.69) is 9.98 Å². The van der Waals surface area contributed by atoms with Gasteiger partial charge in [0.1, 0.15) is 10.7 Å². The lowest BCUT2D eigenvalue weighted by molar-refractivity contribution is -0.0890. The monoisotopic (exact) mass is 336 g/mol. The van der Waals surface area contributed by atoms with E-state index in [1.54, 1.807) is 32.2 Å². The van der Waals surface area contributed by atoms with E-state index in [1.165, 1.54) is 12.3 Å². The average Bonchev–Trinajstić information content (AvgIpc) is 2.38. The van der Waals surface area contributed by atoms with Crippen molar-refractivity contribution in [3.8, 4) is 0 Å². The highest BCUT2D eigenvalue weighted by molar-refractivity contribution is 6.36. The van der Waals surface area contributed by atoms with E-state index in [-0.39, 0.29) is 0 Å². The first-order chi connectivity index (χ1) is 9.77. The molecule has 21 heavy (non-hydrogen) atoms. The summed E-state index contributed by atoms with van der Waals surface area (Å²) < 4.78 is 39.1. The Hall–Kier alpha value is -1.33. The quantitative estimate of drug-likeness (QED) is 0.408. The van der Waals surface area contributed by atoms with Gasteiger partial charge in [0.15, 0.2) is 0 Å². The van der Waals surface area contributed by atoms with Crippen LogP contribution in [0.4, 0.5) is 13.2 Å². The molecule has 0 unspecified atom stereocenters. The number of nitrogens with zero attached hydrogens (tertiary/aromatic N) is 2. The highest BCUT2D eigenvalue weighted by atomic mass is 35.5. The molecule has 1 aromatic heterocycles. The van der Waals surface area contributed by atoms with Crippen LogP contribution < -0.4 is 0 Å². The summed E-state index contributed by atoms with van der Waals surface area (Å²) in [7, 11) is 0. The van der Waals surface area contributed by atoms with Gasteiger partial charge in [-0.2, -0.15) is 13.2 Å². The van der Waals surface area contributed by atoms with Crippen molar-refractivity contribution in [2.45, 2.75) is 26.4 Å². The zero-order valence-corrected chi connectivity index (χ0v) is 12.9. The third kappa shape index (κ3) is 5.17. The maximum atomic E-state index is 13.0. The summed E-state index contributed by atoms with van der Waals surface area (Å²) in [6.45, 7) is 3.22. The van der Waals surface area contributed by atoms with E-state index in [1.807, 2.05) is 0 Å². The molecular formula is C14H13Cl2F3N2. The number of aromatic nitrogens is 1. The van der Waals surface area contributed by atoms with Crippen LogP contribution in [0.2, 0.25) is 0 Å². The molecule has 0 N–H and O–H groups in total. The van der Waals surface area contributed by atoms with Crippen LogP contribution in [0.15, 0.2) is 51.4 Å². The minimum atomic E-state index is -4.68. The summed E-state index contributed by atoms with van der Waals surface area (Å²) in [4.78, 5) is 7.67. The second kappa shape index (κ2) is 7.61. The molecule has 0 fully saturated rings. The summed E-state index contributed by atoms with van der Waals surface area (Å²) in [5, 5.41) is -1.16. The van der Waals surface area contributed by atoms with E-state index >= 15 is 0 Å². The van der Waals surface area contributed by atoms with Crippen LogP contribution in [0.25, 0.3) is 0 Å². The summed E-state index contributed by atoms with van der Waals surface area (Å²) in [5.74, 6) is 0. The molecule has 0 saturated carbocycles. The SMILES string of the molecule is CC/C=C(Cl)/C(=C(/Cl)N=C(C)c1cccnc1)C(F)(F)F. The van der Waals surface area contributed by atoms with Crippen LogP contribution in [0.5, 0.6) is 0 Å². The Labute approximate surface area is 131 Å². The fourth-order valence-corrected chi connectivity index (χ4v) is 2.21. The second-order valence-electron chi connectivity index (χ2n) is 4.06. The van der Waals surface area contributed by atoms with Crippen LogP contribution in [-0.4, -0.2) is 16.9 Å². The standard InChI is InChI=1S/C14H13Cl2F3N2/c1-3-5-11(15)12(14(17,18)19)13(16)21-9(2)10-6-4-7-20-8-10/h4-8H,3H2,1-2H3/b11-5-,13-12+,21-9?. The molecule has 0 atom stereocenters. The predicted octanol–water partition coefficient (Wildman–Crippen LogP) is 5.44. The Balaban J connectivity index is 3.32. The smallest absolute Gasteiger partial charge is 0.264 e. The summed E-state index contributed by atoms with van der Waals surface area (Å²) >= 11 is 11.4. The molecule has 0 aliphatic rings. The fourth-order valence-electron chi connectivity index (χ4n) is 1.48. The normalized spacial score (nSPS) is 15.0. The van der Waals surface area contributed by atoms with Gasteiger partial charge in [0, 0.05) is 23.7 Å². The number of pyridine rings is 1. The number of halogens is 5. The molecule has 7 heteroatoms. The van der Waals surface area contributed by atoms with E-state index in [0.29, 0.717) is 17.7 Å². The maximum absolute atomic E-state index is 13.0. The topological polar surface area (TPSA) is 25.2 Å². The zero-order valence-electron chi connectivity index (χ0n) is 11.4. The van der Waals surface area contributed by atoms with E-state index in [4.69, 9.17) is 23.2 Å². The molecule has 1 aromatic rings. The number of hydrogen-bond acceptors (Lipinski definition) is 2. The number of allylic oxidation sites excluding steroid dienone is 3. The van der Waals surface area contributed by atoms with Gasteiger partial charge >= 0.3 is 6.18 Å². The molecule has 0 aliphatic carbocycles. The van der Waals surface area contributed by atoms with Gasteiger partial charge in [-0.25, -0.2) is 4.99 Å². The van der Waals surface area contributed by atoms with Crippen LogP contribution >= 0.6 is 23.2 Å². The first-order valence-corrected chi connectivity index (χ1v) is 6.81. The first kappa shape index (κ1) is 17.7. The lowest BCUT2D eigenvalue weighted by Crippen LogP contribution is -2.14. The third-order valence-corrected chi connectivity index (χ3v) is 3.07. The zero-order chi connectivity index (χ0) is 16.0. The Morgan fingerprint density at radius 1 is 1.38 bits per heavy atom. The van der Waals surface area contributed by atoms with E-state index in [0.717, 1.165) is 0 Å². The van der Waals surface area contributed by atoms with Gasteiger partial charge in [-0.1, -0.05) is 42.3 Å². The number of aliphatic imine (C=N–C) groups is 1. The largest absolute Gasteiger partial charge is 0.420 e. The summed E-state index contributed by atoms with van der Waals surface area (Å²) in [6.07, 6.45) is -0.0515. The van der Waals surface area contributed by atoms with Crippen molar-refractivity contribution in [2.75, 3.05) is 0 Å². The Morgan fingerprint density at radius 3 is 2.52 bits per heavy atom. The highest BCUT2D eigenvalue weighted by Gasteiger charge is 2.38. The molecule has 2 nitrogen and oxygen atoms in total. The summed E-state index contributed by atoms with van der Waals surface area (Å²) in [6, 6.07) is 3.33. The Kier molecular flexibility index (Phi) is 6.42. The van der Waals surface area contributed by atoms with Crippen molar-refractivity contribution >= 4 is 28.9 Å². The van der Waals surface area contributed by atoms with Gasteiger partial charge < -0.3 is 0 Å². The predicted molar refractivity (Wildman–Crippen MR) is 79.6 cm³/mol. The van der Waals surface area contributed by atoms with Crippen molar-refractivity contribution in [1.82, 2.24) is 4.98 Å². The van der Waals surface area contributed by atoms with Gasteiger partial charge in [0.25, 0.3) is 0 Å². The molecule has 0 radical (unpaired) electrons. The lowest BCUT2D eigenvalue weighted by Gasteiger charge is -2.12. The Bertz CT molecular complexity index is 576. The minimum absolute atomic E-state index is 0.316. The summed E-state index contributed by atoms with van der Waals surface area (Å²) in [5.41, 5.74) is -0.250. The van der Waals surface area contributed by atoms with Crippen molar-refractivity contribution < 1.29 is 13.2 Å². The van der Waals surface area contributed by atoms with Crippen LogP contribution in [0.3, 0.4) is 0 Å². The van der Waals surface area contributed by atoms with Gasteiger partial charge in [-0.15, -0.1) is 0 Å². The van der Waals surface area contributed by atoms with Crippen molar-refractivity contribution in [3.05, 3.63) is 51.9 Å². The number of hydrogen-bond donors (Lipinski definition) is 0. The van der Waals surface area contributed by atoms with Gasteiger partial charge in [-0.3, -0.25) is 4.98 Å². The van der Waals surface area contributed by atoms with Crippen molar-refractivity contribution in [1.29, 1.82) is 0 Å². The number of rotatable bonds is 4. The molecule has 0 aromatic carbocycles. The lowest BCUT2D eigenvalue weighted by atomic mass is 10.2. The first-order valence-electron chi connectivity index (χ1n) is 6.06. The van der Waals surface area contributed by atoms with E-state index < -0.39 is 21.9 Å². The molecule has 0 aliphatic heterocycles. The Morgan fingerprint density at radius 2 is 2.05 bits per heavy atom. The molecule has 1 rings (SSSR count). The molecular weight excluding hydrogens is 324 g/mol. The molecule has 0 spiro atoms. The van der Waals surface area contributed by atoms with E-state index in [9.17, 15) is 13.2 Å². The van der Waals surface area contributed by atoms with Gasteiger partial charge in [-0.05, 0) is 19.4 Å². The molecule has 0 saturated heterocycles. The third-order valence-electron chi connectivity index (χ3n) is 2.46. The second-order valence-corrected chi connectivity index (χ2v) is 4.83. The van der Waals surface area contributed by atoms with Crippen molar-refractivity contribution in [2.24, 2.45) is 4.99 Å². The molecule has 1 heterocycles. The van der Waals surface area contributed by atoms with Crippen LogP contribution in [0, 0.1) is 0 Å². The molecule has 114 valence electrons. The van der Waals surface area contributed by atoms with Crippen molar-refractivity contribution in [3.63, 3.8) is 0 Å². The highest BCUT2D eigenvalue weighted by Crippen LogP contribution is 2.37. The minimum Gasteiger partial charge on any atom is -0.264 e. The van der Waals surface area contributed by atoms with Crippen LogP contribution in [-0.2, 0) is 0 Å². The van der Waals surface area contributed by atoms with Gasteiger partial charge in [0.2, 0.25) is 0 Å². The fraction of sp³-hybridized carbons (Fsp3) is 0.286. The maximum Gasteiger partial charge on any atom is 0.420 e. The average molecular weight is 337 g/mol. The van der Waals surface area contributed by atoms with Crippen LogP contribution in [0.1, 0.15) is 25.8 Å². The number of alkyl halides is 3.